The van der Waals surface area contributed by atoms with Crippen LogP contribution in [0.15, 0.2) is 53.7 Å². The van der Waals surface area contributed by atoms with Crippen LogP contribution in [0.5, 0.6) is 17.2 Å². The fourth-order valence-electron chi connectivity index (χ4n) is 4.02. The lowest BCUT2D eigenvalue weighted by Gasteiger charge is -2.15. The summed E-state index contributed by atoms with van der Waals surface area (Å²) in [6.45, 7) is 4.18. The third-order valence-electron chi connectivity index (χ3n) is 5.70. The Balaban J connectivity index is 1.60. The monoisotopic (exact) mass is 502 g/mol. The highest BCUT2D eigenvalue weighted by Gasteiger charge is 2.18. The number of aliphatic imine (C=N–C) groups is 1. The van der Waals surface area contributed by atoms with E-state index in [0.29, 0.717) is 41.7 Å². The van der Waals surface area contributed by atoms with E-state index in [2.05, 4.69) is 36.6 Å². The molecule has 0 fully saturated rings. The number of rotatable bonds is 8. The molecule has 0 saturated heterocycles. The maximum absolute atomic E-state index is 13.3. The van der Waals surface area contributed by atoms with Crippen LogP contribution in [0.4, 0.5) is 5.95 Å². The van der Waals surface area contributed by atoms with Gasteiger partial charge in [-0.15, -0.1) is 0 Å². The van der Waals surface area contributed by atoms with E-state index in [-0.39, 0.29) is 5.96 Å². The lowest BCUT2D eigenvalue weighted by atomic mass is 10.1. The molecule has 2 aromatic carbocycles. The molecule has 0 aliphatic carbocycles. The van der Waals surface area contributed by atoms with Gasteiger partial charge in [-0.3, -0.25) is 20.4 Å². The number of anilines is 1. The second-order valence-corrected chi connectivity index (χ2v) is 8.31. The maximum atomic E-state index is 13.3. The largest absolute Gasteiger partial charge is 0.493 e. The van der Waals surface area contributed by atoms with Crippen LogP contribution in [0.2, 0.25) is 0 Å². The number of ether oxygens (including phenoxy) is 3. The summed E-state index contributed by atoms with van der Waals surface area (Å²) in [5.74, 6) is 1.29. The molecule has 10 nitrogen and oxygen atoms in total. The van der Waals surface area contributed by atoms with Gasteiger partial charge in [-0.1, -0.05) is 18.2 Å². The molecule has 0 unspecified atom stereocenters. The quantitative estimate of drug-likeness (QED) is 0.245. The van der Waals surface area contributed by atoms with Gasteiger partial charge in [0.15, 0.2) is 11.5 Å². The molecule has 0 radical (unpaired) electrons. The standard InChI is InChI=1S/C27H30N6O4/c1-16-12-17(2)31-27(30-16)33-26(28-11-10-18-15-29-21-9-7-6-8-20(18)21)32-25(34)19-13-22(35-3)24(37-5)23(14-19)36-4/h6-9,12-15,29H,10-11H2,1-5H3,(H2,28,30,31,32,33,34). The molecule has 3 N–H and O–H groups in total. The topological polar surface area (TPSA) is 123 Å². The maximum Gasteiger partial charge on any atom is 0.258 e. The van der Waals surface area contributed by atoms with Crippen molar-refractivity contribution >= 4 is 28.7 Å². The number of nitrogens with zero attached hydrogens (tertiary/aromatic N) is 3. The Kier molecular flexibility index (Phi) is 7.87. The van der Waals surface area contributed by atoms with Gasteiger partial charge >= 0.3 is 0 Å². The third-order valence-corrected chi connectivity index (χ3v) is 5.70. The Labute approximate surface area is 215 Å². The number of hydrogen-bond acceptors (Lipinski definition) is 7. The molecule has 4 aromatic rings. The zero-order chi connectivity index (χ0) is 26.4. The summed E-state index contributed by atoms with van der Waals surface area (Å²) in [6.07, 6.45) is 2.65. The summed E-state index contributed by atoms with van der Waals surface area (Å²) >= 11 is 0. The number of carbonyl (C=O) groups excluding carboxylic acids is 1. The summed E-state index contributed by atoms with van der Waals surface area (Å²) in [4.78, 5) is 30.0. The first kappa shape index (κ1) is 25.5. The average Bonchev–Trinajstić information content (AvgIpc) is 3.30. The SMILES string of the molecule is COc1cc(C(=O)NC(=NCCc2c[nH]c3ccccc23)Nc2nc(C)cc(C)n2)cc(OC)c1OC. The van der Waals surface area contributed by atoms with Crippen molar-refractivity contribution in [3.63, 3.8) is 0 Å². The van der Waals surface area contributed by atoms with Crippen molar-refractivity contribution in [1.82, 2.24) is 20.3 Å². The number of fused-ring (bicyclic) bond motifs is 1. The van der Waals surface area contributed by atoms with Gasteiger partial charge in [-0.2, -0.15) is 0 Å². The number of benzene rings is 2. The fraction of sp³-hybridized carbons (Fsp3) is 0.259. The van der Waals surface area contributed by atoms with Gasteiger partial charge in [0.25, 0.3) is 5.91 Å². The van der Waals surface area contributed by atoms with Crippen molar-refractivity contribution in [3.8, 4) is 17.2 Å². The molecule has 0 aliphatic rings. The lowest BCUT2D eigenvalue weighted by Crippen LogP contribution is -2.37. The first-order valence-corrected chi connectivity index (χ1v) is 11.7. The number of H-pyrrole nitrogens is 1. The predicted molar refractivity (Wildman–Crippen MR) is 143 cm³/mol. The van der Waals surface area contributed by atoms with Crippen LogP contribution in [0.3, 0.4) is 0 Å². The number of carbonyl (C=O) groups is 1. The fourth-order valence-corrected chi connectivity index (χ4v) is 4.02. The van der Waals surface area contributed by atoms with E-state index in [1.807, 2.05) is 44.3 Å². The Morgan fingerprint density at radius 1 is 0.973 bits per heavy atom. The summed E-state index contributed by atoms with van der Waals surface area (Å²) in [6, 6.07) is 13.1. The molecule has 0 bridgehead atoms. The summed E-state index contributed by atoms with van der Waals surface area (Å²) in [5, 5.41) is 7.04. The number of aromatic amines is 1. The summed E-state index contributed by atoms with van der Waals surface area (Å²) in [7, 11) is 4.50. The lowest BCUT2D eigenvalue weighted by molar-refractivity contribution is 0.0976. The second kappa shape index (κ2) is 11.4. The van der Waals surface area contributed by atoms with Crippen LogP contribution in [0, 0.1) is 13.8 Å². The first-order valence-electron chi connectivity index (χ1n) is 11.7. The van der Waals surface area contributed by atoms with E-state index >= 15 is 0 Å². The van der Waals surface area contributed by atoms with Crippen LogP contribution in [0.1, 0.15) is 27.3 Å². The Morgan fingerprint density at radius 2 is 1.65 bits per heavy atom. The Bertz CT molecular complexity index is 1400. The van der Waals surface area contributed by atoms with E-state index in [1.54, 1.807) is 12.1 Å². The van der Waals surface area contributed by atoms with Crippen LogP contribution < -0.4 is 24.8 Å². The molecule has 37 heavy (non-hydrogen) atoms. The van der Waals surface area contributed by atoms with Crippen LogP contribution in [-0.4, -0.2) is 54.7 Å². The summed E-state index contributed by atoms with van der Waals surface area (Å²) in [5.41, 5.74) is 4.10. The zero-order valence-electron chi connectivity index (χ0n) is 21.5. The van der Waals surface area contributed by atoms with Gasteiger partial charge in [0, 0.05) is 40.6 Å². The molecule has 0 saturated carbocycles. The van der Waals surface area contributed by atoms with Gasteiger partial charge in [0.05, 0.1) is 21.3 Å². The van der Waals surface area contributed by atoms with E-state index in [1.165, 1.54) is 21.3 Å². The van der Waals surface area contributed by atoms with E-state index in [0.717, 1.165) is 27.9 Å². The number of guanidine groups is 1. The second-order valence-electron chi connectivity index (χ2n) is 8.31. The van der Waals surface area contributed by atoms with Crippen molar-refractivity contribution in [1.29, 1.82) is 0 Å². The van der Waals surface area contributed by atoms with Gasteiger partial charge < -0.3 is 19.2 Å². The number of methoxy groups -OCH3 is 3. The number of nitrogens with one attached hydrogen (secondary N) is 3. The molecule has 192 valence electrons. The molecule has 2 heterocycles. The minimum Gasteiger partial charge on any atom is -0.493 e. The van der Waals surface area contributed by atoms with E-state index in [4.69, 9.17) is 14.2 Å². The Hall–Kier alpha value is -4.60. The van der Waals surface area contributed by atoms with Gasteiger partial charge in [-0.05, 0) is 50.1 Å². The van der Waals surface area contributed by atoms with Gasteiger partial charge in [0.2, 0.25) is 17.7 Å². The summed E-state index contributed by atoms with van der Waals surface area (Å²) < 4.78 is 16.1. The number of amides is 1. The number of aromatic nitrogens is 3. The number of aryl methyl sites for hydroxylation is 2. The first-order chi connectivity index (χ1) is 17.9. The highest BCUT2D eigenvalue weighted by atomic mass is 16.5. The molecule has 0 aliphatic heterocycles. The van der Waals surface area contributed by atoms with Crippen molar-refractivity contribution < 1.29 is 19.0 Å². The van der Waals surface area contributed by atoms with Crippen molar-refractivity contribution in [3.05, 3.63) is 71.2 Å². The predicted octanol–water partition coefficient (Wildman–Crippen LogP) is 4.04. The van der Waals surface area contributed by atoms with Crippen molar-refractivity contribution in [2.45, 2.75) is 20.3 Å². The van der Waals surface area contributed by atoms with Crippen LogP contribution in [0.25, 0.3) is 10.9 Å². The molecule has 4 rings (SSSR count). The number of para-hydroxylation sites is 1. The molecule has 1 amide bonds. The highest BCUT2D eigenvalue weighted by molar-refractivity contribution is 6.10. The van der Waals surface area contributed by atoms with Gasteiger partial charge in [0.1, 0.15) is 0 Å². The van der Waals surface area contributed by atoms with Crippen LogP contribution in [-0.2, 0) is 6.42 Å². The minimum absolute atomic E-state index is 0.226. The van der Waals surface area contributed by atoms with Gasteiger partial charge in [-0.25, -0.2) is 9.97 Å². The third kappa shape index (κ3) is 5.97. The van der Waals surface area contributed by atoms with E-state index < -0.39 is 5.91 Å². The molecule has 0 atom stereocenters. The molecule has 10 heteroatoms. The smallest absolute Gasteiger partial charge is 0.258 e. The zero-order valence-corrected chi connectivity index (χ0v) is 21.5. The normalized spacial score (nSPS) is 11.3. The van der Waals surface area contributed by atoms with E-state index in [9.17, 15) is 4.79 Å². The molecular formula is C27H30N6O4. The van der Waals surface area contributed by atoms with Crippen molar-refractivity contribution in [2.75, 3.05) is 33.2 Å². The minimum atomic E-state index is -0.415. The molecule has 0 spiro atoms. The number of hydrogen-bond donors (Lipinski definition) is 3. The van der Waals surface area contributed by atoms with Crippen LogP contribution >= 0.6 is 0 Å². The molecular weight excluding hydrogens is 472 g/mol. The molecule has 2 aromatic heterocycles. The average molecular weight is 503 g/mol. The van der Waals surface area contributed by atoms with Crippen molar-refractivity contribution in [2.24, 2.45) is 4.99 Å². The Morgan fingerprint density at radius 3 is 2.30 bits per heavy atom. The highest BCUT2D eigenvalue weighted by Crippen LogP contribution is 2.38.